The Morgan fingerprint density at radius 2 is 1.89 bits per heavy atom. The number of anilines is 2. The van der Waals surface area contributed by atoms with Gasteiger partial charge in [0.2, 0.25) is 5.95 Å². The molecule has 3 aromatic rings. The van der Waals surface area contributed by atoms with Gasteiger partial charge in [-0.1, -0.05) is 23.7 Å². The topological polar surface area (TPSA) is 120 Å². The smallest absolute Gasteiger partial charge is 0.222 e. The van der Waals surface area contributed by atoms with Crippen molar-refractivity contribution in [3.05, 3.63) is 58.6 Å². The fraction of sp³-hybridized carbons (Fsp3) is 0.150. The van der Waals surface area contributed by atoms with Crippen molar-refractivity contribution in [3.63, 3.8) is 0 Å². The molecule has 0 radical (unpaired) electrons. The van der Waals surface area contributed by atoms with Gasteiger partial charge in [-0.05, 0) is 42.8 Å². The lowest BCUT2D eigenvalue weighted by Gasteiger charge is -2.14. The zero-order chi connectivity index (χ0) is 20.1. The van der Waals surface area contributed by atoms with Crippen LogP contribution >= 0.6 is 11.6 Å². The number of hydrogen-bond donors (Lipinski definition) is 2. The van der Waals surface area contributed by atoms with Crippen molar-refractivity contribution < 1.29 is 9.47 Å². The van der Waals surface area contributed by atoms with E-state index < -0.39 is 0 Å². The maximum Gasteiger partial charge on any atom is 0.222 e. The van der Waals surface area contributed by atoms with Crippen molar-refractivity contribution in [1.29, 1.82) is 5.26 Å². The lowest BCUT2D eigenvalue weighted by Crippen LogP contribution is -2.05. The van der Waals surface area contributed by atoms with Gasteiger partial charge in [-0.15, -0.1) is 0 Å². The third-order valence-corrected chi connectivity index (χ3v) is 4.10. The first kappa shape index (κ1) is 19.3. The van der Waals surface area contributed by atoms with E-state index in [1.54, 1.807) is 24.3 Å². The van der Waals surface area contributed by atoms with E-state index in [9.17, 15) is 5.26 Å². The van der Waals surface area contributed by atoms with Crippen molar-refractivity contribution in [3.8, 4) is 28.8 Å². The minimum atomic E-state index is -0.00857. The van der Waals surface area contributed by atoms with Crippen LogP contribution in [0.1, 0.15) is 18.1 Å². The summed E-state index contributed by atoms with van der Waals surface area (Å²) in [5.41, 5.74) is 13.5. The number of nitrogen functional groups attached to an aromatic ring is 2. The number of ether oxygens (including phenoxy) is 2. The van der Waals surface area contributed by atoms with Crippen LogP contribution in [0.15, 0.2) is 42.5 Å². The lowest BCUT2D eigenvalue weighted by molar-refractivity contribution is 0.269. The number of aromatic nitrogens is 2. The summed E-state index contributed by atoms with van der Waals surface area (Å²) in [4.78, 5) is 7.99. The number of benzene rings is 2. The molecule has 0 bridgehead atoms. The van der Waals surface area contributed by atoms with Crippen LogP contribution in [-0.2, 0) is 6.61 Å². The molecule has 0 aliphatic heterocycles. The molecule has 3 rings (SSSR count). The second-order valence-corrected chi connectivity index (χ2v) is 6.25. The van der Waals surface area contributed by atoms with Gasteiger partial charge in [0, 0.05) is 10.6 Å². The molecule has 0 fully saturated rings. The summed E-state index contributed by atoms with van der Waals surface area (Å²) in [7, 11) is 0. The van der Waals surface area contributed by atoms with E-state index in [0.29, 0.717) is 41.0 Å². The van der Waals surface area contributed by atoms with Gasteiger partial charge >= 0.3 is 0 Å². The zero-order valence-electron chi connectivity index (χ0n) is 15.1. The van der Waals surface area contributed by atoms with Crippen LogP contribution in [0.2, 0.25) is 5.02 Å². The number of nitrogens with two attached hydrogens (primary N) is 2. The molecule has 142 valence electrons. The van der Waals surface area contributed by atoms with Gasteiger partial charge in [-0.3, -0.25) is 0 Å². The molecule has 0 unspecified atom stereocenters. The molecule has 0 atom stereocenters. The Kier molecular flexibility index (Phi) is 5.82. The molecule has 7 nitrogen and oxygen atoms in total. The average Bonchev–Trinajstić information content (AvgIpc) is 2.67. The summed E-state index contributed by atoms with van der Waals surface area (Å²) in [5, 5.41) is 10.0. The van der Waals surface area contributed by atoms with Crippen LogP contribution in [0, 0.1) is 11.3 Å². The first-order chi connectivity index (χ1) is 13.5. The second kappa shape index (κ2) is 8.46. The Bertz CT molecular complexity index is 1050. The molecule has 4 N–H and O–H groups in total. The molecule has 0 spiro atoms. The third kappa shape index (κ3) is 4.24. The minimum Gasteiger partial charge on any atom is -0.490 e. The van der Waals surface area contributed by atoms with Gasteiger partial charge in [-0.2, -0.15) is 10.2 Å². The molecular formula is C20H18ClN5O2. The van der Waals surface area contributed by atoms with Gasteiger partial charge in [0.15, 0.2) is 11.5 Å². The summed E-state index contributed by atoms with van der Waals surface area (Å²) >= 11 is 6.01. The number of rotatable bonds is 6. The fourth-order valence-corrected chi connectivity index (χ4v) is 2.86. The van der Waals surface area contributed by atoms with E-state index in [-0.39, 0.29) is 17.3 Å². The number of nitrogens with zero attached hydrogens (tertiary/aromatic N) is 3. The molecule has 0 amide bonds. The summed E-state index contributed by atoms with van der Waals surface area (Å²) in [6.45, 7) is 2.64. The molecule has 0 aliphatic rings. The van der Waals surface area contributed by atoms with Crippen LogP contribution in [0.5, 0.6) is 11.5 Å². The van der Waals surface area contributed by atoms with Gasteiger partial charge in [0.1, 0.15) is 24.1 Å². The number of nitriles is 1. The molecule has 0 saturated carbocycles. The predicted molar refractivity (Wildman–Crippen MR) is 108 cm³/mol. The van der Waals surface area contributed by atoms with Crippen molar-refractivity contribution in [1.82, 2.24) is 9.97 Å². The summed E-state index contributed by atoms with van der Waals surface area (Å²) in [5.74, 6) is 1.09. The third-order valence-electron chi connectivity index (χ3n) is 3.87. The van der Waals surface area contributed by atoms with Crippen LogP contribution in [-0.4, -0.2) is 16.6 Å². The van der Waals surface area contributed by atoms with Gasteiger partial charge in [0.25, 0.3) is 0 Å². The standard InChI is InChI=1S/C20H18ClN5O2/c1-2-27-17-9-13(18-15(10-22)19(23)26-20(24)25-18)6-7-16(17)28-11-12-4-3-5-14(21)8-12/h3-9H,2,11H2,1H3,(H4,23,24,25,26). The fourth-order valence-electron chi connectivity index (χ4n) is 2.65. The largest absolute Gasteiger partial charge is 0.490 e. The van der Waals surface area contributed by atoms with E-state index in [1.807, 2.05) is 31.2 Å². The number of halogens is 1. The van der Waals surface area contributed by atoms with Crippen LogP contribution in [0.25, 0.3) is 11.3 Å². The van der Waals surface area contributed by atoms with Crippen molar-refractivity contribution in [2.45, 2.75) is 13.5 Å². The minimum absolute atomic E-state index is 0.00857. The van der Waals surface area contributed by atoms with Crippen molar-refractivity contribution in [2.24, 2.45) is 0 Å². The highest BCUT2D eigenvalue weighted by Gasteiger charge is 2.16. The Balaban J connectivity index is 1.95. The average molecular weight is 396 g/mol. The maximum atomic E-state index is 9.39. The predicted octanol–water partition coefficient (Wildman–Crippen LogP) is 3.81. The van der Waals surface area contributed by atoms with Gasteiger partial charge in [0.05, 0.1) is 12.3 Å². The van der Waals surface area contributed by atoms with E-state index in [2.05, 4.69) is 9.97 Å². The molecule has 28 heavy (non-hydrogen) atoms. The Morgan fingerprint density at radius 1 is 1.07 bits per heavy atom. The second-order valence-electron chi connectivity index (χ2n) is 5.82. The molecule has 2 aromatic carbocycles. The molecule has 1 heterocycles. The molecule has 8 heteroatoms. The normalized spacial score (nSPS) is 10.3. The van der Waals surface area contributed by atoms with Crippen molar-refractivity contribution >= 4 is 23.4 Å². The van der Waals surface area contributed by atoms with E-state index in [0.717, 1.165) is 5.56 Å². The van der Waals surface area contributed by atoms with Crippen molar-refractivity contribution in [2.75, 3.05) is 18.1 Å². The first-order valence-corrected chi connectivity index (χ1v) is 8.87. The summed E-state index contributed by atoms with van der Waals surface area (Å²) in [6.07, 6.45) is 0. The lowest BCUT2D eigenvalue weighted by atomic mass is 10.1. The first-order valence-electron chi connectivity index (χ1n) is 8.49. The molecule has 0 aliphatic carbocycles. The molecule has 1 aromatic heterocycles. The highest BCUT2D eigenvalue weighted by molar-refractivity contribution is 6.30. The van der Waals surface area contributed by atoms with Crippen LogP contribution < -0.4 is 20.9 Å². The van der Waals surface area contributed by atoms with Crippen LogP contribution in [0.3, 0.4) is 0 Å². The van der Waals surface area contributed by atoms with E-state index in [4.69, 9.17) is 32.5 Å². The van der Waals surface area contributed by atoms with Gasteiger partial charge in [-0.25, -0.2) is 4.98 Å². The Labute approximate surface area is 167 Å². The monoisotopic (exact) mass is 395 g/mol. The number of hydrogen-bond acceptors (Lipinski definition) is 7. The molecule has 0 saturated heterocycles. The summed E-state index contributed by atoms with van der Waals surface area (Å²) < 4.78 is 11.6. The SMILES string of the molecule is CCOc1cc(-c2nc(N)nc(N)c2C#N)ccc1OCc1cccc(Cl)c1. The quantitative estimate of drug-likeness (QED) is 0.650. The van der Waals surface area contributed by atoms with Gasteiger partial charge < -0.3 is 20.9 Å². The highest BCUT2D eigenvalue weighted by atomic mass is 35.5. The Morgan fingerprint density at radius 3 is 2.61 bits per heavy atom. The van der Waals surface area contributed by atoms with E-state index >= 15 is 0 Å². The Hall–Kier alpha value is -3.50. The molecular weight excluding hydrogens is 378 g/mol. The zero-order valence-corrected chi connectivity index (χ0v) is 15.9. The van der Waals surface area contributed by atoms with E-state index in [1.165, 1.54) is 0 Å². The summed E-state index contributed by atoms with van der Waals surface area (Å²) in [6, 6.07) is 14.7. The maximum absolute atomic E-state index is 9.39. The highest BCUT2D eigenvalue weighted by Crippen LogP contribution is 2.35. The van der Waals surface area contributed by atoms with Crippen LogP contribution in [0.4, 0.5) is 11.8 Å².